The molecule has 34 heavy (non-hydrogen) atoms. The lowest BCUT2D eigenvalue weighted by atomic mass is 10.1. The van der Waals surface area contributed by atoms with Gasteiger partial charge in [0, 0.05) is 11.4 Å². The van der Waals surface area contributed by atoms with Crippen LogP contribution in [0.15, 0.2) is 70.7 Å². The number of amides is 2. The van der Waals surface area contributed by atoms with Gasteiger partial charge in [-0.2, -0.15) is 5.26 Å². The number of ether oxygens (including phenoxy) is 1. The van der Waals surface area contributed by atoms with Gasteiger partial charge in [0.2, 0.25) is 0 Å². The third-order valence-electron chi connectivity index (χ3n) is 5.04. The molecule has 0 saturated heterocycles. The zero-order chi connectivity index (χ0) is 24.7. The summed E-state index contributed by atoms with van der Waals surface area (Å²) in [6.45, 7) is 5.62. The molecule has 6 nitrogen and oxygen atoms in total. The Balaban J connectivity index is 1.65. The number of hydrogen-bond acceptors (Lipinski definition) is 4. The SMILES string of the molecule is Cc1ccc(NC(=O)/C(C#N)=C/c2ccc(OCC(=O)Nc3ccccc3C)c(Br)c2)c(C)c1. The lowest BCUT2D eigenvalue weighted by Crippen LogP contribution is -2.20. The summed E-state index contributed by atoms with van der Waals surface area (Å²) < 4.78 is 6.22. The summed E-state index contributed by atoms with van der Waals surface area (Å²) in [4.78, 5) is 24.8. The highest BCUT2D eigenvalue weighted by atomic mass is 79.9. The number of nitriles is 1. The molecule has 0 radical (unpaired) electrons. The minimum Gasteiger partial charge on any atom is -0.483 e. The van der Waals surface area contributed by atoms with Crippen molar-refractivity contribution in [2.24, 2.45) is 0 Å². The van der Waals surface area contributed by atoms with Gasteiger partial charge in [0.1, 0.15) is 17.4 Å². The Morgan fingerprint density at radius 1 is 0.971 bits per heavy atom. The maximum atomic E-state index is 12.6. The number of benzene rings is 3. The van der Waals surface area contributed by atoms with Crippen LogP contribution in [0.4, 0.5) is 11.4 Å². The van der Waals surface area contributed by atoms with Gasteiger partial charge in [-0.05, 0) is 83.7 Å². The number of rotatable bonds is 7. The molecule has 3 rings (SSSR count). The maximum absolute atomic E-state index is 12.6. The van der Waals surface area contributed by atoms with Crippen LogP contribution in [0.1, 0.15) is 22.3 Å². The fourth-order valence-corrected chi connectivity index (χ4v) is 3.74. The minimum atomic E-state index is -0.487. The van der Waals surface area contributed by atoms with E-state index in [4.69, 9.17) is 4.74 Å². The molecule has 0 aliphatic heterocycles. The Morgan fingerprint density at radius 2 is 1.71 bits per heavy atom. The number of carbonyl (C=O) groups excluding carboxylic acids is 2. The van der Waals surface area contributed by atoms with Crippen LogP contribution in [0.2, 0.25) is 0 Å². The van der Waals surface area contributed by atoms with Crippen LogP contribution in [0, 0.1) is 32.1 Å². The standard InChI is InChI=1S/C27H24BrN3O3/c1-17-8-10-24(19(3)12-17)31-27(33)21(15-29)13-20-9-11-25(22(28)14-20)34-16-26(32)30-23-7-5-4-6-18(23)2/h4-14H,16H2,1-3H3,(H,30,32)(H,31,33)/b21-13+. The third kappa shape index (κ3) is 6.56. The molecule has 0 atom stereocenters. The summed E-state index contributed by atoms with van der Waals surface area (Å²) in [5.41, 5.74) is 4.97. The highest BCUT2D eigenvalue weighted by molar-refractivity contribution is 9.10. The van der Waals surface area contributed by atoms with Crippen LogP contribution >= 0.6 is 15.9 Å². The van der Waals surface area contributed by atoms with Crippen molar-refractivity contribution >= 4 is 45.2 Å². The van der Waals surface area contributed by atoms with Crippen LogP contribution in [0.5, 0.6) is 5.75 Å². The maximum Gasteiger partial charge on any atom is 0.266 e. The van der Waals surface area contributed by atoms with Crippen molar-refractivity contribution in [2.45, 2.75) is 20.8 Å². The van der Waals surface area contributed by atoms with Gasteiger partial charge in [0.15, 0.2) is 6.61 Å². The normalized spacial score (nSPS) is 10.9. The van der Waals surface area contributed by atoms with Gasteiger partial charge in [0.25, 0.3) is 11.8 Å². The summed E-state index contributed by atoms with van der Waals surface area (Å²) >= 11 is 3.43. The summed E-state index contributed by atoms with van der Waals surface area (Å²) in [5, 5.41) is 15.1. The van der Waals surface area contributed by atoms with Crippen LogP contribution in [0.25, 0.3) is 6.08 Å². The topological polar surface area (TPSA) is 91.2 Å². The van der Waals surface area contributed by atoms with Crippen molar-refractivity contribution < 1.29 is 14.3 Å². The minimum absolute atomic E-state index is 0.0295. The van der Waals surface area contributed by atoms with Crippen molar-refractivity contribution in [1.29, 1.82) is 5.26 Å². The molecule has 0 saturated carbocycles. The first-order valence-electron chi connectivity index (χ1n) is 10.5. The van der Waals surface area contributed by atoms with E-state index < -0.39 is 5.91 Å². The number of nitrogens with zero attached hydrogens (tertiary/aromatic N) is 1. The number of aryl methyl sites for hydroxylation is 3. The molecule has 0 aliphatic carbocycles. The van der Waals surface area contributed by atoms with Crippen LogP contribution in [0.3, 0.4) is 0 Å². The number of hydrogen-bond donors (Lipinski definition) is 2. The van der Waals surface area contributed by atoms with Crippen molar-refractivity contribution in [3.63, 3.8) is 0 Å². The van der Waals surface area contributed by atoms with Crippen molar-refractivity contribution in [2.75, 3.05) is 17.2 Å². The first kappa shape index (κ1) is 24.7. The third-order valence-corrected chi connectivity index (χ3v) is 5.66. The lowest BCUT2D eigenvalue weighted by molar-refractivity contribution is -0.118. The van der Waals surface area contributed by atoms with E-state index in [0.717, 1.165) is 22.4 Å². The molecule has 3 aromatic carbocycles. The van der Waals surface area contributed by atoms with Gasteiger partial charge >= 0.3 is 0 Å². The second-order valence-electron chi connectivity index (χ2n) is 7.78. The molecule has 0 aromatic heterocycles. The van der Waals surface area contributed by atoms with E-state index in [-0.39, 0.29) is 18.1 Å². The molecule has 0 fully saturated rings. The summed E-state index contributed by atoms with van der Waals surface area (Å²) in [7, 11) is 0. The number of carbonyl (C=O) groups is 2. The zero-order valence-electron chi connectivity index (χ0n) is 19.1. The van der Waals surface area contributed by atoms with Crippen molar-refractivity contribution in [3.05, 3.63) is 93.0 Å². The molecule has 0 heterocycles. The average Bonchev–Trinajstić information content (AvgIpc) is 2.80. The second-order valence-corrected chi connectivity index (χ2v) is 8.64. The Labute approximate surface area is 207 Å². The molecule has 0 aliphatic rings. The highest BCUT2D eigenvalue weighted by Gasteiger charge is 2.12. The van der Waals surface area contributed by atoms with Crippen LogP contribution < -0.4 is 15.4 Å². The smallest absolute Gasteiger partial charge is 0.266 e. The van der Waals surface area contributed by atoms with Crippen LogP contribution in [-0.2, 0) is 9.59 Å². The number of halogens is 1. The molecular formula is C27H24BrN3O3. The van der Waals surface area contributed by atoms with E-state index in [2.05, 4.69) is 26.6 Å². The van der Waals surface area contributed by atoms with E-state index in [1.165, 1.54) is 6.08 Å². The molecule has 7 heteroatoms. The molecule has 2 amide bonds. The molecule has 0 unspecified atom stereocenters. The van der Waals surface area contributed by atoms with E-state index in [1.807, 2.05) is 69.3 Å². The highest BCUT2D eigenvalue weighted by Crippen LogP contribution is 2.27. The molecule has 172 valence electrons. The number of nitrogens with one attached hydrogen (secondary N) is 2. The van der Waals surface area contributed by atoms with Gasteiger partial charge in [0.05, 0.1) is 4.47 Å². The van der Waals surface area contributed by atoms with Gasteiger partial charge in [-0.25, -0.2) is 0 Å². The summed E-state index contributed by atoms with van der Waals surface area (Å²) in [5.74, 6) is -0.297. The fourth-order valence-electron chi connectivity index (χ4n) is 3.23. The quantitative estimate of drug-likeness (QED) is 0.299. The van der Waals surface area contributed by atoms with Gasteiger partial charge in [-0.1, -0.05) is 42.0 Å². The van der Waals surface area contributed by atoms with Crippen molar-refractivity contribution in [3.8, 4) is 11.8 Å². The number of anilines is 2. The first-order valence-corrected chi connectivity index (χ1v) is 11.3. The Morgan fingerprint density at radius 3 is 2.38 bits per heavy atom. The molecule has 0 spiro atoms. The summed E-state index contributed by atoms with van der Waals surface area (Å²) in [6.07, 6.45) is 1.50. The van der Waals surface area contributed by atoms with Gasteiger partial charge < -0.3 is 15.4 Å². The first-order chi connectivity index (χ1) is 16.3. The fraction of sp³-hybridized carbons (Fsp3) is 0.148. The average molecular weight is 518 g/mol. The predicted octanol–water partition coefficient (Wildman–Crippen LogP) is 5.94. The van der Waals surface area contributed by atoms with E-state index in [1.54, 1.807) is 18.2 Å². The monoisotopic (exact) mass is 517 g/mol. The van der Waals surface area contributed by atoms with E-state index in [0.29, 0.717) is 21.5 Å². The Hall–Kier alpha value is -3.89. The molecule has 0 bridgehead atoms. The Kier molecular flexibility index (Phi) is 8.23. The Bertz CT molecular complexity index is 1310. The second kappa shape index (κ2) is 11.3. The molecular weight excluding hydrogens is 494 g/mol. The van der Waals surface area contributed by atoms with Gasteiger partial charge in [-0.15, -0.1) is 0 Å². The molecule has 2 N–H and O–H groups in total. The summed E-state index contributed by atoms with van der Waals surface area (Å²) in [6, 6.07) is 20.2. The zero-order valence-corrected chi connectivity index (χ0v) is 20.7. The lowest BCUT2D eigenvalue weighted by Gasteiger charge is -2.11. The largest absolute Gasteiger partial charge is 0.483 e. The van der Waals surface area contributed by atoms with E-state index >= 15 is 0 Å². The van der Waals surface area contributed by atoms with Gasteiger partial charge in [-0.3, -0.25) is 9.59 Å². The number of para-hydroxylation sites is 1. The molecule has 3 aromatic rings. The van der Waals surface area contributed by atoms with Crippen molar-refractivity contribution in [1.82, 2.24) is 0 Å². The van der Waals surface area contributed by atoms with Crippen LogP contribution in [-0.4, -0.2) is 18.4 Å². The van der Waals surface area contributed by atoms with E-state index in [9.17, 15) is 14.9 Å². The predicted molar refractivity (Wildman–Crippen MR) is 138 cm³/mol.